The van der Waals surface area contributed by atoms with Gasteiger partial charge in [0, 0.05) is 31.4 Å². The van der Waals surface area contributed by atoms with Crippen LogP contribution in [0.2, 0.25) is 0 Å². The van der Waals surface area contributed by atoms with Gasteiger partial charge >= 0.3 is 6.03 Å². The molecule has 1 saturated heterocycles. The van der Waals surface area contributed by atoms with Crippen LogP contribution in [0.15, 0.2) is 61.2 Å². The minimum absolute atomic E-state index is 0.158. The van der Waals surface area contributed by atoms with Gasteiger partial charge in [-0.15, -0.1) is 5.10 Å². The van der Waals surface area contributed by atoms with E-state index in [1.807, 2.05) is 42.6 Å². The second kappa shape index (κ2) is 7.35. The van der Waals surface area contributed by atoms with Crippen LogP contribution in [0.1, 0.15) is 23.5 Å². The summed E-state index contributed by atoms with van der Waals surface area (Å²) in [5.74, 6) is 0.661. The highest BCUT2D eigenvalue weighted by Gasteiger charge is 2.27. The molecular weight excluding hydrogens is 328 g/mol. The van der Waals surface area contributed by atoms with Crippen LogP contribution in [0.3, 0.4) is 0 Å². The molecule has 4 rings (SSSR count). The lowest BCUT2D eigenvalue weighted by molar-refractivity contribution is 0.222. The van der Waals surface area contributed by atoms with Crippen LogP contribution in [0.4, 0.5) is 10.7 Å². The van der Waals surface area contributed by atoms with E-state index in [2.05, 4.69) is 26.4 Å². The number of benzene rings is 1. The minimum Gasteiger partial charge on any atom is -0.324 e. The highest BCUT2D eigenvalue weighted by molar-refractivity contribution is 5.87. The van der Waals surface area contributed by atoms with Crippen molar-refractivity contribution in [1.82, 2.24) is 24.6 Å². The number of aromatic nitrogens is 4. The summed E-state index contributed by atoms with van der Waals surface area (Å²) in [5.41, 5.74) is 2.31. The van der Waals surface area contributed by atoms with Crippen molar-refractivity contribution in [3.63, 3.8) is 0 Å². The summed E-state index contributed by atoms with van der Waals surface area (Å²) < 4.78 is 1.72. The average molecular weight is 348 g/mol. The van der Waals surface area contributed by atoms with E-state index in [-0.39, 0.29) is 6.03 Å². The van der Waals surface area contributed by atoms with Crippen LogP contribution < -0.4 is 5.32 Å². The summed E-state index contributed by atoms with van der Waals surface area (Å²) in [6.07, 6.45) is 6.21. The first-order valence-electron chi connectivity index (χ1n) is 8.67. The standard InChI is InChI=1S/C19H20N6O/c26-19(24-10-8-17(13-24)16-7-4-9-20-11-16)22-18-21-14-25(23-18)12-15-5-2-1-3-6-15/h1-7,9,11,14,17H,8,10,12-13H2,(H,22,23,26). The Bertz CT molecular complexity index is 864. The van der Waals surface area contributed by atoms with Crippen molar-refractivity contribution in [1.29, 1.82) is 0 Å². The Balaban J connectivity index is 1.34. The number of hydrogen-bond donors (Lipinski definition) is 1. The molecule has 3 aromatic rings. The third-order valence-electron chi connectivity index (χ3n) is 4.57. The molecule has 0 radical (unpaired) electrons. The van der Waals surface area contributed by atoms with E-state index in [0.717, 1.165) is 18.5 Å². The van der Waals surface area contributed by atoms with Gasteiger partial charge in [0.15, 0.2) is 0 Å². The van der Waals surface area contributed by atoms with Crippen LogP contribution >= 0.6 is 0 Å². The van der Waals surface area contributed by atoms with Gasteiger partial charge in [-0.1, -0.05) is 36.4 Å². The zero-order valence-electron chi connectivity index (χ0n) is 14.3. The molecule has 26 heavy (non-hydrogen) atoms. The Morgan fingerprint density at radius 2 is 2.08 bits per heavy atom. The van der Waals surface area contributed by atoms with Crippen molar-refractivity contribution in [2.45, 2.75) is 18.9 Å². The Kier molecular flexibility index (Phi) is 4.59. The lowest BCUT2D eigenvalue weighted by Crippen LogP contribution is -2.33. The number of likely N-dealkylation sites (tertiary alicyclic amines) is 1. The van der Waals surface area contributed by atoms with E-state index in [9.17, 15) is 4.79 Å². The lowest BCUT2D eigenvalue weighted by atomic mass is 10.0. The topological polar surface area (TPSA) is 75.9 Å². The first kappa shape index (κ1) is 16.3. The van der Waals surface area contributed by atoms with Gasteiger partial charge < -0.3 is 4.90 Å². The number of urea groups is 1. The van der Waals surface area contributed by atoms with Crippen LogP contribution in [0, 0.1) is 0 Å². The van der Waals surface area contributed by atoms with E-state index >= 15 is 0 Å². The Labute approximate surface area is 151 Å². The number of carbonyl (C=O) groups is 1. The molecule has 1 unspecified atom stereocenters. The van der Waals surface area contributed by atoms with E-state index in [4.69, 9.17) is 0 Å². The van der Waals surface area contributed by atoms with Gasteiger partial charge in [0.05, 0.1) is 6.54 Å². The smallest absolute Gasteiger partial charge is 0.324 e. The Morgan fingerprint density at radius 1 is 1.19 bits per heavy atom. The molecule has 0 aliphatic carbocycles. The summed E-state index contributed by atoms with van der Waals surface area (Å²) in [7, 11) is 0. The molecule has 7 heteroatoms. The second-order valence-corrected chi connectivity index (χ2v) is 6.40. The first-order chi connectivity index (χ1) is 12.8. The van der Waals surface area contributed by atoms with Gasteiger partial charge in [-0.25, -0.2) is 14.5 Å². The molecule has 1 N–H and O–H groups in total. The maximum absolute atomic E-state index is 12.5. The molecule has 2 amide bonds. The predicted molar refractivity (Wildman–Crippen MR) is 97.8 cm³/mol. The summed E-state index contributed by atoms with van der Waals surface area (Å²) in [5, 5.41) is 7.12. The highest BCUT2D eigenvalue weighted by atomic mass is 16.2. The lowest BCUT2D eigenvalue weighted by Gasteiger charge is -2.16. The molecule has 3 heterocycles. The Morgan fingerprint density at radius 3 is 2.88 bits per heavy atom. The molecule has 1 aromatic carbocycles. The first-order valence-corrected chi connectivity index (χ1v) is 8.67. The summed E-state index contributed by atoms with van der Waals surface area (Å²) in [6, 6.07) is 13.8. The molecule has 7 nitrogen and oxygen atoms in total. The molecule has 1 aliphatic rings. The number of rotatable bonds is 4. The molecular formula is C19H20N6O. The van der Waals surface area contributed by atoms with Crippen molar-refractivity contribution < 1.29 is 4.79 Å². The predicted octanol–water partition coefficient (Wildman–Crippen LogP) is 2.74. The largest absolute Gasteiger partial charge is 0.324 e. The van der Waals surface area contributed by atoms with Crippen molar-refractivity contribution in [2.24, 2.45) is 0 Å². The summed E-state index contributed by atoms with van der Waals surface area (Å²) in [4.78, 5) is 22.6. The monoisotopic (exact) mass is 348 g/mol. The quantitative estimate of drug-likeness (QED) is 0.786. The van der Waals surface area contributed by atoms with Crippen molar-refractivity contribution >= 4 is 12.0 Å². The fraction of sp³-hybridized carbons (Fsp3) is 0.263. The van der Waals surface area contributed by atoms with Gasteiger partial charge in [-0.2, -0.15) is 0 Å². The van der Waals surface area contributed by atoms with Crippen LogP contribution in [-0.2, 0) is 6.54 Å². The van der Waals surface area contributed by atoms with Gasteiger partial charge in [0.2, 0.25) is 5.95 Å². The maximum atomic E-state index is 12.5. The molecule has 0 spiro atoms. The van der Waals surface area contributed by atoms with Crippen molar-refractivity contribution in [3.8, 4) is 0 Å². The number of nitrogens with zero attached hydrogens (tertiary/aromatic N) is 5. The fourth-order valence-corrected chi connectivity index (χ4v) is 3.21. The average Bonchev–Trinajstić information content (AvgIpc) is 3.33. The Hall–Kier alpha value is -3.22. The van der Waals surface area contributed by atoms with E-state index < -0.39 is 0 Å². The summed E-state index contributed by atoms with van der Waals surface area (Å²) >= 11 is 0. The van der Waals surface area contributed by atoms with Gasteiger partial charge in [0.25, 0.3) is 0 Å². The number of hydrogen-bond acceptors (Lipinski definition) is 4. The highest BCUT2D eigenvalue weighted by Crippen LogP contribution is 2.26. The van der Waals surface area contributed by atoms with Gasteiger partial charge in [0.1, 0.15) is 6.33 Å². The number of nitrogens with one attached hydrogen (secondary N) is 1. The molecule has 1 atom stereocenters. The third kappa shape index (κ3) is 3.72. The second-order valence-electron chi connectivity index (χ2n) is 6.40. The molecule has 0 saturated carbocycles. The zero-order chi connectivity index (χ0) is 17.8. The molecule has 0 bridgehead atoms. The zero-order valence-corrected chi connectivity index (χ0v) is 14.3. The van der Waals surface area contributed by atoms with E-state index in [0.29, 0.717) is 25.0 Å². The number of amides is 2. The van der Waals surface area contributed by atoms with Crippen LogP contribution in [0.25, 0.3) is 0 Å². The molecule has 1 aliphatic heterocycles. The van der Waals surface area contributed by atoms with Crippen LogP contribution in [0.5, 0.6) is 0 Å². The SMILES string of the molecule is O=C(Nc1ncn(Cc2ccccc2)n1)N1CCC(c2cccnc2)C1. The molecule has 132 valence electrons. The van der Waals surface area contributed by atoms with E-state index in [1.165, 1.54) is 5.56 Å². The number of pyridine rings is 1. The molecule has 1 fully saturated rings. The van der Waals surface area contributed by atoms with Crippen molar-refractivity contribution in [2.75, 3.05) is 18.4 Å². The third-order valence-corrected chi connectivity index (χ3v) is 4.57. The van der Waals surface area contributed by atoms with Crippen molar-refractivity contribution in [3.05, 3.63) is 72.3 Å². The van der Waals surface area contributed by atoms with E-state index in [1.54, 1.807) is 22.1 Å². The number of carbonyl (C=O) groups excluding carboxylic acids is 1. The molecule has 2 aromatic heterocycles. The minimum atomic E-state index is -0.158. The maximum Gasteiger partial charge on any atom is 0.324 e. The van der Waals surface area contributed by atoms with Crippen LogP contribution in [-0.4, -0.2) is 43.8 Å². The fourth-order valence-electron chi connectivity index (χ4n) is 3.21. The number of anilines is 1. The van der Waals surface area contributed by atoms with Gasteiger partial charge in [-0.05, 0) is 23.6 Å². The normalized spacial score (nSPS) is 16.6. The summed E-state index contributed by atoms with van der Waals surface area (Å²) in [6.45, 7) is 2.02. The van der Waals surface area contributed by atoms with Gasteiger partial charge in [-0.3, -0.25) is 10.3 Å².